The lowest BCUT2D eigenvalue weighted by molar-refractivity contribution is 0.672. The maximum Gasteiger partial charge on any atom is 0.140 e. The van der Waals surface area contributed by atoms with Crippen molar-refractivity contribution in [3.63, 3.8) is 0 Å². The van der Waals surface area contributed by atoms with Crippen molar-refractivity contribution in [1.82, 2.24) is 4.98 Å². The van der Waals surface area contributed by atoms with Crippen LogP contribution in [0.4, 0.5) is 5.69 Å². The molecule has 0 spiro atoms. The van der Waals surface area contributed by atoms with E-state index in [1.54, 1.807) is 6.20 Å². The van der Waals surface area contributed by atoms with Crippen LogP contribution in [0.15, 0.2) is 42.6 Å². The lowest BCUT2D eigenvalue weighted by Crippen LogP contribution is -2.28. The molecule has 2 aromatic rings. The van der Waals surface area contributed by atoms with Crippen molar-refractivity contribution in [3.05, 3.63) is 59.4 Å². The number of hydrogen-bond acceptors (Lipinski definition) is 3. The molecule has 0 aliphatic carbocycles. The highest BCUT2D eigenvalue weighted by Crippen LogP contribution is 2.32. The maximum atomic E-state index is 8.91. The summed E-state index contributed by atoms with van der Waals surface area (Å²) in [5, 5.41) is 8.91. The summed E-state index contributed by atoms with van der Waals surface area (Å²) >= 11 is 0. The molecule has 3 heteroatoms. The van der Waals surface area contributed by atoms with E-state index in [4.69, 9.17) is 5.26 Å². The number of pyridine rings is 1. The molecule has 2 heterocycles. The molecule has 0 N–H and O–H groups in total. The molecule has 1 aliphatic rings. The highest BCUT2D eigenvalue weighted by atomic mass is 15.2. The van der Waals surface area contributed by atoms with E-state index in [0.717, 1.165) is 18.5 Å². The molecule has 1 unspecified atom stereocenters. The highest BCUT2D eigenvalue weighted by molar-refractivity contribution is 5.59. The van der Waals surface area contributed by atoms with Crippen LogP contribution in [0.2, 0.25) is 0 Å². The third-order valence-electron chi connectivity index (χ3n) is 3.64. The third-order valence-corrected chi connectivity index (χ3v) is 3.64. The Morgan fingerprint density at radius 3 is 3.05 bits per heavy atom. The Morgan fingerprint density at radius 2 is 2.21 bits per heavy atom. The van der Waals surface area contributed by atoms with Crippen molar-refractivity contribution in [3.8, 4) is 6.07 Å². The Kier molecular flexibility index (Phi) is 2.92. The van der Waals surface area contributed by atoms with E-state index in [1.807, 2.05) is 12.1 Å². The molecular formula is C16H15N3. The number of para-hydroxylation sites is 1. The Balaban J connectivity index is 1.89. The molecule has 1 atom stereocenters. The number of aromatic nitrogens is 1. The summed E-state index contributed by atoms with van der Waals surface area (Å²) in [7, 11) is 0. The quantitative estimate of drug-likeness (QED) is 0.821. The first-order chi connectivity index (χ1) is 9.28. The van der Waals surface area contributed by atoms with Crippen LogP contribution in [0.3, 0.4) is 0 Å². The summed E-state index contributed by atoms with van der Waals surface area (Å²) < 4.78 is 0. The lowest BCUT2D eigenvalue weighted by atomic mass is 10.1. The number of rotatable bonds is 2. The molecule has 0 saturated heterocycles. The Bertz CT molecular complexity index is 642. The van der Waals surface area contributed by atoms with E-state index in [2.05, 4.69) is 47.1 Å². The van der Waals surface area contributed by atoms with Gasteiger partial charge in [0.2, 0.25) is 0 Å². The molecule has 1 aromatic heterocycles. The second-order valence-corrected chi connectivity index (χ2v) is 4.97. The summed E-state index contributed by atoms with van der Waals surface area (Å²) in [6, 6.07) is 15.0. The number of anilines is 1. The van der Waals surface area contributed by atoms with Gasteiger partial charge in [-0.2, -0.15) is 5.26 Å². The standard InChI is InChI=1S/C16H15N3/c1-12-8-14-4-2-3-5-16(14)19(12)11-13-6-7-18-15(9-13)10-17/h2-7,9,12H,8,11H2,1H3. The van der Waals surface area contributed by atoms with E-state index in [-0.39, 0.29) is 0 Å². The number of nitriles is 1. The minimum absolute atomic E-state index is 0.484. The monoisotopic (exact) mass is 249 g/mol. The second kappa shape index (κ2) is 4.74. The van der Waals surface area contributed by atoms with Gasteiger partial charge in [0.1, 0.15) is 11.8 Å². The van der Waals surface area contributed by atoms with E-state index in [1.165, 1.54) is 11.3 Å². The molecule has 3 rings (SSSR count). The fourth-order valence-electron chi connectivity index (χ4n) is 2.70. The number of benzene rings is 1. The molecule has 0 amide bonds. The predicted octanol–water partition coefficient (Wildman–Crippen LogP) is 2.90. The average Bonchev–Trinajstić information content (AvgIpc) is 2.76. The lowest BCUT2D eigenvalue weighted by Gasteiger charge is -2.25. The van der Waals surface area contributed by atoms with Crippen molar-refractivity contribution in [1.29, 1.82) is 5.26 Å². The molecule has 0 saturated carbocycles. The van der Waals surface area contributed by atoms with Crippen LogP contribution in [-0.2, 0) is 13.0 Å². The molecule has 19 heavy (non-hydrogen) atoms. The molecule has 0 radical (unpaired) electrons. The van der Waals surface area contributed by atoms with Crippen LogP contribution in [0.25, 0.3) is 0 Å². The van der Waals surface area contributed by atoms with Gasteiger partial charge in [0.15, 0.2) is 0 Å². The summed E-state index contributed by atoms with van der Waals surface area (Å²) in [5.41, 5.74) is 4.34. The Hall–Kier alpha value is -2.34. The largest absolute Gasteiger partial charge is 0.364 e. The zero-order chi connectivity index (χ0) is 13.2. The molecule has 0 fully saturated rings. The zero-order valence-corrected chi connectivity index (χ0v) is 10.9. The Labute approximate surface area is 113 Å². The van der Waals surface area contributed by atoms with Gasteiger partial charge in [-0.1, -0.05) is 18.2 Å². The van der Waals surface area contributed by atoms with E-state index in [9.17, 15) is 0 Å². The first-order valence-electron chi connectivity index (χ1n) is 6.47. The van der Waals surface area contributed by atoms with Gasteiger partial charge in [0.25, 0.3) is 0 Å². The van der Waals surface area contributed by atoms with Crippen molar-refractivity contribution < 1.29 is 0 Å². The zero-order valence-electron chi connectivity index (χ0n) is 10.9. The van der Waals surface area contributed by atoms with Gasteiger partial charge in [0, 0.05) is 24.5 Å². The SMILES string of the molecule is CC1Cc2ccccc2N1Cc1ccnc(C#N)c1. The van der Waals surface area contributed by atoms with Gasteiger partial charge in [-0.3, -0.25) is 0 Å². The Morgan fingerprint density at radius 1 is 1.37 bits per heavy atom. The van der Waals surface area contributed by atoms with Crippen LogP contribution in [0, 0.1) is 11.3 Å². The summed E-state index contributed by atoms with van der Waals surface area (Å²) in [5.74, 6) is 0. The van der Waals surface area contributed by atoms with Crippen LogP contribution in [-0.4, -0.2) is 11.0 Å². The predicted molar refractivity (Wildman–Crippen MR) is 74.7 cm³/mol. The van der Waals surface area contributed by atoms with Gasteiger partial charge in [-0.25, -0.2) is 4.98 Å². The first-order valence-corrected chi connectivity index (χ1v) is 6.47. The molecule has 3 nitrogen and oxygen atoms in total. The molecular weight excluding hydrogens is 234 g/mol. The van der Waals surface area contributed by atoms with E-state index >= 15 is 0 Å². The van der Waals surface area contributed by atoms with E-state index in [0.29, 0.717) is 11.7 Å². The third kappa shape index (κ3) is 2.17. The van der Waals surface area contributed by atoms with Gasteiger partial charge in [-0.05, 0) is 42.7 Å². The van der Waals surface area contributed by atoms with Crippen molar-refractivity contribution >= 4 is 5.69 Å². The number of nitrogens with zero attached hydrogens (tertiary/aromatic N) is 3. The van der Waals surface area contributed by atoms with Gasteiger partial charge < -0.3 is 4.90 Å². The van der Waals surface area contributed by atoms with Gasteiger partial charge >= 0.3 is 0 Å². The van der Waals surface area contributed by atoms with Crippen molar-refractivity contribution in [2.75, 3.05) is 4.90 Å². The minimum Gasteiger partial charge on any atom is -0.364 e. The smallest absolute Gasteiger partial charge is 0.140 e. The van der Waals surface area contributed by atoms with Crippen LogP contribution in [0.5, 0.6) is 0 Å². The normalized spacial score (nSPS) is 17.1. The van der Waals surface area contributed by atoms with Crippen LogP contribution >= 0.6 is 0 Å². The van der Waals surface area contributed by atoms with Gasteiger partial charge in [0.05, 0.1) is 0 Å². The molecule has 1 aromatic carbocycles. The number of fused-ring (bicyclic) bond motifs is 1. The number of hydrogen-bond donors (Lipinski definition) is 0. The fourth-order valence-corrected chi connectivity index (χ4v) is 2.70. The average molecular weight is 249 g/mol. The van der Waals surface area contributed by atoms with E-state index < -0.39 is 0 Å². The highest BCUT2D eigenvalue weighted by Gasteiger charge is 2.25. The second-order valence-electron chi connectivity index (χ2n) is 4.97. The van der Waals surface area contributed by atoms with Crippen molar-refractivity contribution in [2.45, 2.75) is 25.9 Å². The van der Waals surface area contributed by atoms with Gasteiger partial charge in [-0.15, -0.1) is 0 Å². The minimum atomic E-state index is 0.484. The molecule has 94 valence electrons. The summed E-state index contributed by atoms with van der Waals surface area (Å²) in [6.45, 7) is 3.07. The first kappa shape index (κ1) is 11.7. The molecule has 1 aliphatic heterocycles. The topological polar surface area (TPSA) is 39.9 Å². The summed E-state index contributed by atoms with van der Waals surface area (Å²) in [6.07, 6.45) is 2.80. The van der Waals surface area contributed by atoms with Crippen LogP contribution in [0.1, 0.15) is 23.7 Å². The summed E-state index contributed by atoms with van der Waals surface area (Å²) in [4.78, 5) is 6.41. The maximum absolute atomic E-state index is 8.91. The fraction of sp³-hybridized carbons (Fsp3) is 0.250. The van der Waals surface area contributed by atoms with Crippen LogP contribution < -0.4 is 4.90 Å². The molecule has 0 bridgehead atoms. The van der Waals surface area contributed by atoms with Crippen molar-refractivity contribution in [2.24, 2.45) is 0 Å².